The summed E-state index contributed by atoms with van der Waals surface area (Å²) >= 11 is 0. The van der Waals surface area contributed by atoms with Gasteiger partial charge in [-0.3, -0.25) is 0 Å². The minimum absolute atomic E-state index is 0.0358. The van der Waals surface area contributed by atoms with Crippen LogP contribution in [0.25, 0.3) is 11.6 Å². The third kappa shape index (κ3) is 4.25. The largest absolute Gasteiger partial charge is 0.378 e. The number of rotatable bonds is 10. The van der Waals surface area contributed by atoms with Crippen LogP contribution in [0.3, 0.4) is 0 Å². The summed E-state index contributed by atoms with van der Waals surface area (Å²) in [6.07, 6.45) is 18.1. The predicted molar refractivity (Wildman–Crippen MR) is 171 cm³/mol. The van der Waals surface area contributed by atoms with Crippen LogP contribution < -0.4 is 0 Å². The van der Waals surface area contributed by atoms with E-state index in [4.69, 9.17) is 9.47 Å². The second-order valence-corrected chi connectivity index (χ2v) is 18.9. The standard InChI is InChI=1S/C37H50O2Si/c1-6-34-36(22-21-28-16-9-11-19-32(28)36)40(5,25-14-8-7-13-24-39-35(2,3)4)37(34)27-29(26-30-17-15-23-38-30)31-18-10-12-20-33(31)37/h9-12,16,18-22,27,30,34H,6-8,13-15,17,23-26H2,1-5H3/t30?,34?,36?,37-,40?/m1/s1. The summed E-state index contributed by atoms with van der Waals surface area (Å²) in [6.45, 7) is 13.5. The van der Waals surface area contributed by atoms with E-state index in [0.29, 0.717) is 12.0 Å². The first kappa shape index (κ1) is 28.2. The predicted octanol–water partition coefficient (Wildman–Crippen LogP) is 9.43. The molecule has 2 heterocycles. The Hall–Kier alpha value is -1.94. The molecule has 0 radical (unpaired) electrons. The maximum absolute atomic E-state index is 6.18. The van der Waals surface area contributed by atoms with Gasteiger partial charge in [0.15, 0.2) is 0 Å². The highest BCUT2D eigenvalue weighted by Gasteiger charge is 2.78. The zero-order valence-electron chi connectivity index (χ0n) is 25.6. The topological polar surface area (TPSA) is 18.5 Å². The average molecular weight is 555 g/mol. The van der Waals surface area contributed by atoms with Crippen molar-refractivity contribution in [2.24, 2.45) is 5.92 Å². The maximum atomic E-state index is 6.18. The van der Waals surface area contributed by atoms with Crippen molar-refractivity contribution >= 4 is 19.7 Å². The Balaban J connectivity index is 1.35. The van der Waals surface area contributed by atoms with Crippen molar-refractivity contribution in [3.05, 3.63) is 82.9 Å². The number of hydrogen-bond acceptors (Lipinski definition) is 2. The molecule has 2 fully saturated rings. The molecule has 5 atom stereocenters. The summed E-state index contributed by atoms with van der Waals surface area (Å²) < 4.78 is 12.2. The first-order chi connectivity index (χ1) is 19.3. The summed E-state index contributed by atoms with van der Waals surface area (Å²) in [5, 5.41) is 0.417. The zero-order chi connectivity index (χ0) is 28.0. The molecular weight excluding hydrogens is 504 g/mol. The molecular formula is C37H50O2Si. The van der Waals surface area contributed by atoms with Crippen LogP contribution in [-0.2, 0) is 19.6 Å². The van der Waals surface area contributed by atoms with E-state index in [1.54, 1.807) is 16.7 Å². The van der Waals surface area contributed by atoms with E-state index in [9.17, 15) is 0 Å². The number of fused-ring (bicyclic) bond motifs is 4. The van der Waals surface area contributed by atoms with Crippen LogP contribution in [0.15, 0.2) is 60.7 Å². The maximum Gasteiger partial charge on any atom is 0.0829 e. The highest BCUT2D eigenvalue weighted by atomic mass is 28.3. The molecule has 40 heavy (non-hydrogen) atoms. The Morgan fingerprint density at radius 3 is 2.45 bits per heavy atom. The minimum atomic E-state index is -1.95. The average Bonchev–Trinajstić information content (AvgIpc) is 3.67. The van der Waals surface area contributed by atoms with Gasteiger partial charge in [0.2, 0.25) is 0 Å². The Labute approximate surface area is 244 Å². The first-order valence-corrected chi connectivity index (χ1v) is 18.8. The molecule has 2 aromatic rings. The van der Waals surface area contributed by atoms with Crippen LogP contribution in [0.1, 0.15) is 101 Å². The normalized spacial score (nSPS) is 32.0. The molecule has 0 aromatic heterocycles. The summed E-state index contributed by atoms with van der Waals surface area (Å²) in [5.74, 6) is 0.611. The zero-order valence-corrected chi connectivity index (χ0v) is 26.6. The summed E-state index contributed by atoms with van der Waals surface area (Å²) in [5.41, 5.74) is 7.79. The lowest BCUT2D eigenvalue weighted by Gasteiger charge is -2.73. The number of allylic oxidation sites excluding steroid dienone is 2. The second kappa shape index (κ2) is 10.7. The molecule has 4 aliphatic rings. The van der Waals surface area contributed by atoms with E-state index in [2.05, 4.69) is 101 Å². The monoisotopic (exact) mass is 554 g/mol. The summed E-state index contributed by atoms with van der Waals surface area (Å²) in [7, 11) is -1.95. The smallest absolute Gasteiger partial charge is 0.0829 e. The van der Waals surface area contributed by atoms with Gasteiger partial charge in [-0.25, -0.2) is 0 Å². The molecule has 0 saturated carbocycles. The van der Waals surface area contributed by atoms with Crippen molar-refractivity contribution in [2.75, 3.05) is 13.2 Å². The summed E-state index contributed by atoms with van der Waals surface area (Å²) in [4.78, 5) is 0. The fourth-order valence-corrected chi connectivity index (χ4v) is 16.6. The van der Waals surface area contributed by atoms with Crippen molar-refractivity contribution in [3.63, 3.8) is 0 Å². The van der Waals surface area contributed by atoms with Crippen LogP contribution in [0.5, 0.6) is 0 Å². The molecule has 3 heteroatoms. The SMILES string of the molecule is CCC1C2(C=Cc3ccccc32)[Si](C)(CCCCCCOC(C)(C)C)[C@@]12C=C(CC1CCCO1)c1ccccc12. The van der Waals surface area contributed by atoms with Gasteiger partial charge in [0.05, 0.1) is 19.8 Å². The van der Waals surface area contributed by atoms with E-state index < -0.39 is 8.07 Å². The lowest BCUT2D eigenvalue weighted by molar-refractivity contribution is -0.00472. The fourth-order valence-electron chi connectivity index (χ4n) is 9.40. The molecule has 214 valence electrons. The lowest BCUT2D eigenvalue weighted by atomic mass is 9.71. The van der Waals surface area contributed by atoms with Gasteiger partial charge < -0.3 is 9.47 Å². The molecule has 6 rings (SSSR count). The van der Waals surface area contributed by atoms with Crippen molar-refractivity contribution < 1.29 is 9.47 Å². The quantitative estimate of drug-likeness (QED) is 0.215. The van der Waals surface area contributed by atoms with Gasteiger partial charge in [0, 0.05) is 23.3 Å². The number of hydrogen-bond donors (Lipinski definition) is 0. The van der Waals surface area contributed by atoms with Gasteiger partial charge >= 0.3 is 0 Å². The van der Waals surface area contributed by atoms with Crippen molar-refractivity contribution in [1.29, 1.82) is 0 Å². The van der Waals surface area contributed by atoms with E-state index in [1.165, 1.54) is 62.1 Å². The molecule has 2 aliphatic heterocycles. The minimum Gasteiger partial charge on any atom is -0.378 e. The number of ether oxygens (including phenoxy) is 2. The number of unbranched alkanes of at least 4 members (excludes halogenated alkanes) is 3. The van der Waals surface area contributed by atoms with E-state index in [0.717, 1.165) is 19.6 Å². The van der Waals surface area contributed by atoms with E-state index >= 15 is 0 Å². The second-order valence-electron chi connectivity index (χ2n) is 14.1. The van der Waals surface area contributed by atoms with Crippen LogP contribution in [0.2, 0.25) is 12.6 Å². The molecule has 4 unspecified atom stereocenters. The Kier molecular flexibility index (Phi) is 7.55. The summed E-state index contributed by atoms with van der Waals surface area (Å²) in [6, 6.07) is 20.2. The highest BCUT2D eigenvalue weighted by Crippen LogP contribution is 2.74. The molecule has 2 spiro atoms. The fraction of sp³-hybridized carbons (Fsp3) is 0.568. The van der Waals surface area contributed by atoms with Gasteiger partial charge in [0.25, 0.3) is 0 Å². The first-order valence-electron chi connectivity index (χ1n) is 16.1. The van der Waals surface area contributed by atoms with Gasteiger partial charge in [0.1, 0.15) is 0 Å². The molecule has 2 aromatic carbocycles. The molecule has 0 N–H and O–H groups in total. The van der Waals surface area contributed by atoms with E-state index in [1.807, 2.05) is 0 Å². The Morgan fingerprint density at radius 2 is 1.70 bits per heavy atom. The van der Waals surface area contributed by atoms with Crippen LogP contribution in [0.4, 0.5) is 0 Å². The van der Waals surface area contributed by atoms with Crippen LogP contribution >= 0.6 is 0 Å². The molecule has 0 amide bonds. The molecule has 2 saturated heterocycles. The van der Waals surface area contributed by atoms with Crippen LogP contribution in [0, 0.1) is 5.92 Å². The van der Waals surface area contributed by atoms with Gasteiger partial charge in [-0.05, 0) is 80.2 Å². The van der Waals surface area contributed by atoms with Crippen molar-refractivity contribution in [2.45, 2.75) is 113 Å². The Morgan fingerprint density at radius 1 is 0.950 bits per heavy atom. The number of benzene rings is 2. The molecule has 0 bridgehead atoms. The van der Waals surface area contributed by atoms with Gasteiger partial charge in [-0.1, -0.05) is 112 Å². The van der Waals surface area contributed by atoms with Crippen molar-refractivity contribution in [1.82, 2.24) is 0 Å². The third-order valence-electron chi connectivity index (χ3n) is 11.0. The van der Waals surface area contributed by atoms with Crippen molar-refractivity contribution in [3.8, 4) is 0 Å². The highest BCUT2D eigenvalue weighted by molar-refractivity contribution is 6.89. The lowest BCUT2D eigenvalue weighted by Crippen LogP contribution is -2.82. The molecule has 2 aliphatic carbocycles. The van der Waals surface area contributed by atoms with Crippen LogP contribution in [-0.4, -0.2) is 33.0 Å². The molecule has 2 nitrogen and oxygen atoms in total. The van der Waals surface area contributed by atoms with E-state index in [-0.39, 0.29) is 15.7 Å². The third-order valence-corrected chi connectivity index (χ3v) is 17.5. The van der Waals surface area contributed by atoms with Gasteiger partial charge in [-0.2, -0.15) is 0 Å². The Bertz CT molecular complexity index is 1280. The van der Waals surface area contributed by atoms with Gasteiger partial charge in [-0.15, -0.1) is 0 Å².